The zero-order chi connectivity index (χ0) is 15.7. The van der Waals surface area contributed by atoms with Crippen molar-refractivity contribution in [3.05, 3.63) is 59.7 Å². The molecule has 0 unspecified atom stereocenters. The average Bonchev–Trinajstić information content (AvgIpc) is 2.81. The van der Waals surface area contributed by atoms with E-state index in [9.17, 15) is 9.59 Å². The quantitative estimate of drug-likeness (QED) is 0.888. The molecule has 2 aromatic carbocycles. The van der Waals surface area contributed by atoms with Gasteiger partial charge in [-0.2, -0.15) is 0 Å². The van der Waals surface area contributed by atoms with E-state index in [1.165, 1.54) is 0 Å². The van der Waals surface area contributed by atoms with Gasteiger partial charge < -0.3 is 10.8 Å². The normalized spacial score (nSPS) is 14.2. The number of benzene rings is 2. The molecule has 112 valence electrons. The van der Waals surface area contributed by atoms with Crippen molar-refractivity contribution in [1.29, 1.82) is 0 Å². The fourth-order valence-corrected chi connectivity index (χ4v) is 3.13. The maximum atomic E-state index is 12.3. The molecule has 4 nitrogen and oxygen atoms in total. The van der Waals surface area contributed by atoms with Gasteiger partial charge in [-0.25, -0.2) is 0 Å². The molecule has 3 rings (SSSR count). The van der Waals surface area contributed by atoms with Gasteiger partial charge in [0.05, 0.1) is 12.5 Å². The smallest absolute Gasteiger partial charge is 0.305 e. The van der Waals surface area contributed by atoms with E-state index in [0.717, 1.165) is 22.3 Å². The molecule has 0 heterocycles. The molecular formula is C18H17NO3. The van der Waals surface area contributed by atoms with Crippen LogP contribution < -0.4 is 5.73 Å². The first kappa shape index (κ1) is 14.5. The number of carboxylic acid groups (broad SMARTS) is 1. The lowest BCUT2D eigenvalue weighted by Gasteiger charge is -2.15. The minimum atomic E-state index is -1.05. The van der Waals surface area contributed by atoms with E-state index < -0.39 is 12.0 Å². The van der Waals surface area contributed by atoms with Gasteiger partial charge in [0.1, 0.15) is 0 Å². The SMILES string of the molecule is N[C@@H](CC(=O)O)C(=O)CC1c2ccccc2-c2ccccc21. The number of carboxylic acids is 1. The van der Waals surface area contributed by atoms with E-state index >= 15 is 0 Å². The first-order valence-corrected chi connectivity index (χ1v) is 7.26. The van der Waals surface area contributed by atoms with Gasteiger partial charge in [-0.05, 0) is 22.3 Å². The van der Waals surface area contributed by atoms with Crippen LogP contribution in [-0.2, 0) is 9.59 Å². The lowest BCUT2D eigenvalue weighted by atomic mass is 9.89. The van der Waals surface area contributed by atoms with Crippen molar-refractivity contribution < 1.29 is 14.7 Å². The van der Waals surface area contributed by atoms with Crippen molar-refractivity contribution in [2.75, 3.05) is 0 Å². The Bertz CT molecular complexity index is 693. The molecule has 0 bridgehead atoms. The van der Waals surface area contributed by atoms with Crippen LogP contribution in [0, 0.1) is 0 Å². The Morgan fingerprint density at radius 3 is 2.00 bits per heavy atom. The summed E-state index contributed by atoms with van der Waals surface area (Å²) in [7, 11) is 0. The largest absolute Gasteiger partial charge is 0.481 e. The summed E-state index contributed by atoms with van der Waals surface area (Å²) in [5.41, 5.74) is 10.2. The standard InChI is InChI=1S/C18H17NO3/c19-16(10-18(21)22)17(20)9-15-13-7-3-1-5-11(13)12-6-2-4-8-14(12)15/h1-8,15-16H,9-10,19H2,(H,21,22)/t16-/m0/s1. The molecule has 4 heteroatoms. The van der Waals surface area contributed by atoms with Crippen LogP contribution in [0.5, 0.6) is 0 Å². The predicted octanol–water partition coefficient (Wildman–Crippen LogP) is 2.56. The molecule has 0 radical (unpaired) electrons. The number of carbonyl (C=O) groups is 2. The molecule has 0 amide bonds. The van der Waals surface area contributed by atoms with Crippen molar-refractivity contribution in [3.63, 3.8) is 0 Å². The third kappa shape index (κ3) is 2.53. The number of Topliss-reactive ketones (excluding diaryl/α,β-unsaturated/α-hetero) is 1. The van der Waals surface area contributed by atoms with Gasteiger partial charge in [-0.1, -0.05) is 48.5 Å². The van der Waals surface area contributed by atoms with Crippen LogP contribution in [0.2, 0.25) is 0 Å². The summed E-state index contributed by atoms with van der Waals surface area (Å²) in [6, 6.07) is 15.1. The summed E-state index contributed by atoms with van der Waals surface area (Å²) in [5, 5.41) is 8.78. The number of carbonyl (C=O) groups excluding carboxylic acids is 1. The second-order valence-electron chi connectivity index (χ2n) is 5.60. The maximum Gasteiger partial charge on any atom is 0.305 e. The molecule has 1 aliphatic carbocycles. The molecule has 0 saturated heterocycles. The summed E-state index contributed by atoms with van der Waals surface area (Å²) in [4.78, 5) is 23.0. The van der Waals surface area contributed by atoms with Crippen LogP contribution in [0.15, 0.2) is 48.5 Å². The highest BCUT2D eigenvalue weighted by Gasteiger charge is 2.31. The molecule has 0 aromatic heterocycles. The average molecular weight is 295 g/mol. The molecule has 1 aliphatic rings. The van der Waals surface area contributed by atoms with E-state index in [4.69, 9.17) is 10.8 Å². The Kier molecular flexibility index (Phi) is 3.77. The second-order valence-corrected chi connectivity index (χ2v) is 5.60. The van der Waals surface area contributed by atoms with Gasteiger partial charge >= 0.3 is 5.97 Å². The first-order chi connectivity index (χ1) is 10.6. The molecule has 0 aliphatic heterocycles. The Morgan fingerprint density at radius 1 is 1.00 bits per heavy atom. The van der Waals surface area contributed by atoms with Gasteiger partial charge in [-0.3, -0.25) is 9.59 Å². The Labute approximate surface area is 128 Å². The molecule has 1 atom stereocenters. The summed E-state index contributed by atoms with van der Waals surface area (Å²) in [6.45, 7) is 0. The minimum Gasteiger partial charge on any atom is -0.481 e. The monoisotopic (exact) mass is 295 g/mol. The maximum absolute atomic E-state index is 12.3. The summed E-state index contributed by atoms with van der Waals surface area (Å²) in [6.07, 6.45) is -0.0860. The van der Waals surface area contributed by atoms with E-state index in [0.29, 0.717) is 0 Å². The zero-order valence-electron chi connectivity index (χ0n) is 12.0. The van der Waals surface area contributed by atoms with Gasteiger partial charge in [-0.15, -0.1) is 0 Å². The lowest BCUT2D eigenvalue weighted by molar-refractivity contribution is -0.139. The highest BCUT2D eigenvalue weighted by molar-refractivity contribution is 5.90. The van der Waals surface area contributed by atoms with Gasteiger partial charge in [0, 0.05) is 12.3 Å². The topological polar surface area (TPSA) is 80.4 Å². The van der Waals surface area contributed by atoms with Crippen molar-refractivity contribution in [2.45, 2.75) is 24.8 Å². The third-order valence-corrected chi connectivity index (χ3v) is 4.18. The van der Waals surface area contributed by atoms with Gasteiger partial charge in [0.15, 0.2) is 5.78 Å². The van der Waals surface area contributed by atoms with E-state index in [2.05, 4.69) is 12.1 Å². The van der Waals surface area contributed by atoms with Crippen LogP contribution in [0.4, 0.5) is 0 Å². The summed E-state index contributed by atoms with van der Waals surface area (Å²) in [5.74, 6) is -1.30. The predicted molar refractivity (Wildman–Crippen MR) is 83.6 cm³/mol. The molecule has 0 fully saturated rings. The van der Waals surface area contributed by atoms with Crippen molar-refractivity contribution in [1.82, 2.24) is 0 Å². The molecule has 2 aromatic rings. The number of rotatable bonds is 5. The molecular weight excluding hydrogens is 278 g/mol. The number of nitrogens with two attached hydrogens (primary N) is 1. The molecule has 3 N–H and O–H groups in total. The van der Waals surface area contributed by atoms with Crippen molar-refractivity contribution in [3.8, 4) is 11.1 Å². The van der Waals surface area contributed by atoms with Crippen molar-refractivity contribution >= 4 is 11.8 Å². The molecule has 0 spiro atoms. The minimum absolute atomic E-state index is 0.0419. The van der Waals surface area contributed by atoms with Gasteiger partial charge in [0.2, 0.25) is 0 Å². The van der Waals surface area contributed by atoms with Gasteiger partial charge in [0.25, 0.3) is 0 Å². The molecule has 22 heavy (non-hydrogen) atoms. The van der Waals surface area contributed by atoms with E-state index in [1.54, 1.807) is 0 Å². The van der Waals surface area contributed by atoms with E-state index in [1.807, 2.05) is 36.4 Å². The van der Waals surface area contributed by atoms with Crippen LogP contribution in [0.25, 0.3) is 11.1 Å². The number of aliphatic carboxylic acids is 1. The van der Waals surface area contributed by atoms with Crippen LogP contribution in [0.3, 0.4) is 0 Å². The highest BCUT2D eigenvalue weighted by Crippen LogP contribution is 2.46. The summed E-state index contributed by atoms with van der Waals surface area (Å²) < 4.78 is 0. The Balaban J connectivity index is 1.91. The molecule has 0 saturated carbocycles. The summed E-state index contributed by atoms with van der Waals surface area (Å²) >= 11 is 0. The second kappa shape index (κ2) is 5.73. The van der Waals surface area contributed by atoms with E-state index in [-0.39, 0.29) is 24.5 Å². The first-order valence-electron chi connectivity index (χ1n) is 7.26. The lowest BCUT2D eigenvalue weighted by Crippen LogP contribution is -2.33. The fourth-order valence-electron chi connectivity index (χ4n) is 3.13. The highest BCUT2D eigenvalue weighted by atomic mass is 16.4. The van der Waals surface area contributed by atoms with Crippen LogP contribution >= 0.6 is 0 Å². The van der Waals surface area contributed by atoms with Crippen LogP contribution in [0.1, 0.15) is 29.9 Å². The number of fused-ring (bicyclic) bond motifs is 3. The fraction of sp³-hybridized carbons (Fsp3) is 0.222. The third-order valence-electron chi connectivity index (χ3n) is 4.18. The Morgan fingerprint density at radius 2 is 1.50 bits per heavy atom. The Hall–Kier alpha value is -2.46. The number of hydrogen-bond donors (Lipinski definition) is 2. The van der Waals surface area contributed by atoms with Crippen molar-refractivity contribution in [2.24, 2.45) is 5.73 Å². The van der Waals surface area contributed by atoms with Crippen LogP contribution in [-0.4, -0.2) is 22.9 Å². The zero-order valence-corrected chi connectivity index (χ0v) is 12.0. The number of ketones is 1. The number of hydrogen-bond acceptors (Lipinski definition) is 3.